The molecule has 2 heterocycles. The highest BCUT2D eigenvalue weighted by atomic mass is 16.5. The third-order valence-corrected chi connectivity index (χ3v) is 5.50. The van der Waals surface area contributed by atoms with Crippen LogP contribution in [0.2, 0.25) is 0 Å². The Morgan fingerprint density at radius 3 is 2.34 bits per heavy atom. The van der Waals surface area contributed by atoms with Gasteiger partial charge in [0.2, 0.25) is 5.91 Å². The zero-order chi connectivity index (χ0) is 24.5. The summed E-state index contributed by atoms with van der Waals surface area (Å²) in [5.74, 6) is -0.0794. The molecule has 1 aliphatic rings. The molecule has 1 saturated heterocycles. The lowest BCUT2D eigenvalue weighted by Crippen LogP contribution is -2.31. The van der Waals surface area contributed by atoms with Crippen LogP contribution in [-0.4, -0.2) is 43.5 Å². The Morgan fingerprint density at radius 2 is 1.63 bits per heavy atom. The average molecular weight is 477 g/mol. The number of hydrogen-bond donors (Lipinski definition) is 4. The predicted molar refractivity (Wildman–Crippen MR) is 131 cm³/mol. The van der Waals surface area contributed by atoms with Gasteiger partial charge in [-0.1, -0.05) is 12.1 Å². The van der Waals surface area contributed by atoms with Crippen LogP contribution in [0.25, 0.3) is 0 Å². The Bertz CT molecular complexity index is 1160. The van der Waals surface area contributed by atoms with Crippen molar-refractivity contribution >= 4 is 29.1 Å². The summed E-state index contributed by atoms with van der Waals surface area (Å²) in [7, 11) is 0. The molecule has 1 unspecified atom stereocenters. The average Bonchev–Trinajstić information content (AvgIpc) is 3.59. The van der Waals surface area contributed by atoms with Crippen LogP contribution in [0.5, 0.6) is 0 Å². The number of amides is 3. The van der Waals surface area contributed by atoms with Gasteiger partial charge in [-0.05, 0) is 61.4 Å². The molecule has 9 heteroatoms. The molecule has 0 radical (unpaired) electrons. The van der Waals surface area contributed by atoms with E-state index in [1.54, 1.807) is 66.9 Å². The van der Waals surface area contributed by atoms with Crippen LogP contribution in [-0.2, 0) is 16.1 Å². The molecular formula is C26H28N4O5. The van der Waals surface area contributed by atoms with Crippen molar-refractivity contribution in [2.24, 2.45) is 0 Å². The van der Waals surface area contributed by atoms with Gasteiger partial charge in [-0.2, -0.15) is 0 Å². The number of carbonyl (C=O) groups excluding carboxylic acids is 3. The van der Waals surface area contributed by atoms with Crippen LogP contribution in [0.1, 0.15) is 39.3 Å². The zero-order valence-corrected chi connectivity index (χ0v) is 19.2. The lowest BCUT2D eigenvalue weighted by atomic mass is 10.1. The standard InChI is InChI=1S/C26H28N4O5/c31-24(30-21-8-2-6-19(14-21)26(33)29-16-23-10-4-12-35-23)17-27-20-7-1-5-18(13-20)25(32)28-15-22-9-3-11-34-22/h1-3,5-9,11,13-14,23,27H,4,10,12,15-17H2,(H,28,32)(H,29,33)(H,30,31). The van der Waals surface area contributed by atoms with E-state index in [0.29, 0.717) is 34.8 Å². The molecule has 3 amide bonds. The Labute approximate surface area is 203 Å². The molecule has 2 aromatic carbocycles. The first kappa shape index (κ1) is 24.0. The minimum Gasteiger partial charge on any atom is -0.467 e. The number of nitrogens with one attached hydrogen (secondary N) is 4. The largest absolute Gasteiger partial charge is 0.467 e. The van der Waals surface area contributed by atoms with E-state index in [1.165, 1.54) is 0 Å². The molecule has 1 aliphatic heterocycles. The van der Waals surface area contributed by atoms with Crippen LogP contribution in [0.4, 0.5) is 11.4 Å². The highest BCUT2D eigenvalue weighted by Crippen LogP contribution is 2.14. The maximum Gasteiger partial charge on any atom is 0.251 e. The second kappa shape index (κ2) is 11.8. The first-order valence-electron chi connectivity index (χ1n) is 11.5. The fraction of sp³-hybridized carbons (Fsp3) is 0.269. The highest BCUT2D eigenvalue weighted by Gasteiger charge is 2.17. The summed E-state index contributed by atoms with van der Waals surface area (Å²) < 4.78 is 10.7. The van der Waals surface area contributed by atoms with Crippen LogP contribution in [0.3, 0.4) is 0 Å². The van der Waals surface area contributed by atoms with Crippen LogP contribution in [0, 0.1) is 0 Å². The van der Waals surface area contributed by atoms with Gasteiger partial charge in [0.15, 0.2) is 0 Å². The maximum absolute atomic E-state index is 12.4. The van der Waals surface area contributed by atoms with Crippen molar-refractivity contribution in [3.8, 4) is 0 Å². The number of hydrogen-bond acceptors (Lipinski definition) is 6. The van der Waals surface area contributed by atoms with E-state index < -0.39 is 0 Å². The minimum atomic E-state index is -0.283. The second-order valence-corrected chi connectivity index (χ2v) is 8.17. The number of ether oxygens (including phenoxy) is 1. The smallest absolute Gasteiger partial charge is 0.251 e. The van der Waals surface area contributed by atoms with E-state index >= 15 is 0 Å². The van der Waals surface area contributed by atoms with Gasteiger partial charge in [0.1, 0.15) is 5.76 Å². The van der Waals surface area contributed by atoms with E-state index in [0.717, 1.165) is 19.4 Å². The number of rotatable bonds is 10. The highest BCUT2D eigenvalue weighted by molar-refractivity contribution is 5.98. The third kappa shape index (κ3) is 7.18. The monoisotopic (exact) mass is 476 g/mol. The van der Waals surface area contributed by atoms with Gasteiger partial charge in [-0.3, -0.25) is 14.4 Å². The number of furan rings is 1. The van der Waals surface area contributed by atoms with Gasteiger partial charge in [0, 0.05) is 35.7 Å². The van der Waals surface area contributed by atoms with Crippen molar-refractivity contribution in [3.05, 3.63) is 83.8 Å². The van der Waals surface area contributed by atoms with Crippen molar-refractivity contribution in [1.29, 1.82) is 0 Å². The number of benzene rings is 2. The fourth-order valence-electron chi connectivity index (χ4n) is 3.69. The van der Waals surface area contributed by atoms with E-state index in [4.69, 9.17) is 9.15 Å². The molecule has 1 aromatic heterocycles. The lowest BCUT2D eigenvalue weighted by molar-refractivity contribution is -0.114. The number of carbonyl (C=O) groups is 3. The molecule has 0 aliphatic carbocycles. The molecule has 4 N–H and O–H groups in total. The van der Waals surface area contributed by atoms with Gasteiger partial charge in [0.05, 0.1) is 25.5 Å². The first-order chi connectivity index (χ1) is 17.1. The Morgan fingerprint density at radius 1 is 0.886 bits per heavy atom. The fourth-order valence-corrected chi connectivity index (χ4v) is 3.69. The molecule has 0 saturated carbocycles. The van der Waals surface area contributed by atoms with Crippen LogP contribution >= 0.6 is 0 Å². The molecule has 35 heavy (non-hydrogen) atoms. The van der Waals surface area contributed by atoms with Crippen molar-refractivity contribution in [3.63, 3.8) is 0 Å². The molecule has 0 bridgehead atoms. The molecule has 0 spiro atoms. The summed E-state index contributed by atoms with van der Waals surface area (Å²) in [6.45, 7) is 1.49. The van der Waals surface area contributed by atoms with Crippen molar-refractivity contribution in [2.75, 3.05) is 30.3 Å². The van der Waals surface area contributed by atoms with E-state index in [-0.39, 0.29) is 36.9 Å². The molecule has 4 rings (SSSR count). The SMILES string of the molecule is O=C(CNc1cccc(C(=O)NCc2ccco2)c1)Nc1cccc(C(=O)NCC2CCCO2)c1. The molecule has 1 atom stereocenters. The normalized spacial score (nSPS) is 14.8. The Hall–Kier alpha value is -4.11. The van der Waals surface area contributed by atoms with Gasteiger partial charge in [-0.25, -0.2) is 0 Å². The maximum atomic E-state index is 12.4. The van der Waals surface area contributed by atoms with E-state index in [2.05, 4.69) is 21.3 Å². The first-order valence-corrected chi connectivity index (χ1v) is 11.5. The van der Waals surface area contributed by atoms with Crippen molar-refractivity contribution in [2.45, 2.75) is 25.5 Å². The van der Waals surface area contributed by atoms with Gasteiger partial charge >= 0.3 is 0 Å². The summed E-state index contributed by atoms with van der Waals surface area (Å²) in [5.41, 5.74) is 2.08. The third-order valence-electron chi connectivity index (χ3n) is 5.50. The topological polar surface area (TPSA) is 122 Å². The minimum absolute atomic E-state index is 0.00703. The summed E-state index contributed by atoms with van der Waals surface area (Å²) in [5, 5.41) is 11.5. The zero-order valence-electron chi connectivity index (χ0n) is 19.2. The summed E-state index contributed by atoms with van der Waals surface area (Å²) in [6, 6.07) is 17.2. The van der Waals surface area contributed by atoms with Gasteiger partial charge < -0.3 is 30.4 Å². The molecule has 3 aromatic rings. The quantitative estimate of drug-likeness (QED) is 0.357. The Balaban J connectivity index is 1.25. The second-order valence-electron chi connectivity index (χ2n) is 8.17. The lowest BCUT2D eigenvalue weighted by Gasteiger charge is -2.12. The summed E-state index contributed by atoms with van der Waals surface area (Å²) in [4.78, 5) is 37.2. The molecular weight excluding hydrogens is 448 g/mol. The molecule has 182 valence electrons. The van der Waals surface area contributed by atoms with E-state index in [9.17, 15) is 14.4 Å². The summed E-state index contributed by atoms with van der Waals surface area (Å²) >= 11 is 0. The van der Waals surface area contributed by atoms with Gasteiger partial charge in [-0.15, -0.1) is 0 Å². The van der Waals surface area contributed by atoms with Crippen molar-refractivity contribution < 1.29 is 23.5 Å². The number of anilines is 2. The van der Waals surface area contributed by atoms with E-state index in [1.807, 2.05) is 0 Å². The summed E-state index contributed by atoms with van der Waals surface area (Å²) in [6.07, 6.45) is 3.57. The van der Waals surface area contributed by atoms with Crippen LogP contribution < -0.4 is 21.3 Å². The van der Waals surface area contributed by atoms with Crippen molar-refractivity contribution in [1.82, 2.24) is 10.6 Å². The van der Waals surface area contributed by atoms with Crippen LogP contribution in [0.15, 0.2) is 71.3 Å². The van der Waals surface area contributed by atoms with Gasteiger partial charge in [0.25, 0.3) is 11.8 Å². The molecule has 1 fully saturated rings. The molecule has 9 nitrogen and oxygen atoms in total. The predicted octanol–water partition coefficient (Wildman–Crippen LogP) is 3.17. The Kier molecular flexibility index (Phi) is 8.13.